The Balaban J connectivity index is 3.21. The molecule has 0 radical (unpaired) electrons. The molecule has 0 saturated carbocycles. The van der Waals surface area contributed by atoms with Gasteiger partial charge in [-0.2, -0.15) is 0 Å². The topological polar surface area (TPSA) is 81.5 Å². The second kappa shape index (κ2) is 5.22. The molecule has 0 aromatic rings. The summed E-state index contributed by atoms with van der Waals surface area (Å²) in [5.41, 5.74) is 10.1. The van der Waals surface area contributed by atoms with E-state index >= 15 is 0 Å². The van der Waals surface area contributed by atoms with Gasteiger partial charge >= 0.3 is 0 Å². The third-order valence-electron chi connectivity index (χ3n) is 0.884. The molecule has 0 amide bonds. The Kier molecular flexibility index (Phi) is 4.92. The Morgan fingerprint density at radius 1 is 1.60 bits per heavy atom. The third-order valence-corrected chi connectivity index (χ3v) is 1.75. The number of hydrogen-bond acceptors (Lipinski definition) is 2. The Bertz CT molecular complexity index is 142. The molecule has 10 heavy (non-hydrogen) atoms. The Hall–Kier alpha value is -0.580. The fourth-order valence-corrected chi connectivity index (χ4v) is 1.01. The first-order valence-corrected chi connectivity index (χ1v) is 4.71. The average Bonchev–Trinajstić information content (AvgIpc) is 1.79. The van der Waals surface area contributed by atoms with Crippen molar-refractivity contribution >= 4 is 16.8 Å². The Labute approximate surface area is 63.1 Å². The number of nitrogens with two attached hydrogens (primary N) is 2. The first-order chi connectivity index (χ1) is 4.63. The van der Waals surface area contributed by atoms with Crippen molar-refractivity contribution in [3.05, 3.63) is 0 Å². The SMILES string of the molecule is CS(=O)CCCN=C(N)N. The summed E-state index contributed by atoms with van der Waals surface area (Å²) in [6, 6.07) is 0. The molecule has 0 aliphatic heterocycles. The molecule has 0 fully saturated rings. The largest absolute Gasteiger partial charge is 0.370 e. The lowest BCUT2D eigenvalue weighted by Gasteiger charge is -1.93. The van der Waals surface area contributed by atoms with E-state index in [1.54, 1.807) is 6.26 Å². The van der Waals surface area contributed by atoms with Crippen LogP contribution in [0.5, 0.6) is 0 Å². The monoisotopic (exact) mass is 163 g/mol. The van der Waals surface area contributed by atoms with Crippen molar-refractivity contribution < 1.29 is 4.21 Å². The standard InChI is InChI=1S/C5H13N3OS/c1-10(9)4-2-3-8-5(6)7/h2-4H2,1H3,(H4,6,7,8). The van der Waals surface area contributed by atoms with Gasteiger partial charge in [-0.25, -0.2) is 0 Å². The van der Waals surface area contributed by atoms with Crippen molar-refractivity contribution in [2.24, 2.45) is 16.5 Å². The van der Waals surface area contributed by atoms with Crippen LogP contribution < -0.4 is 11.5 Å². The van der Waals surface area contributed by atoms with Crippen molar-refractivity contribution in [1.82, 2.24) is 0 Å². The lowest BCUT2D eigenvalue weighted by molar-refractivity contribution is 0.684. The summed E-state index contributed by atoms with van der Waals surface area (Å²) < 4.78 is 10.5. The molecule has 0 aliphatic rings. The van der Waals surface area contributed by atoms with Gasteiger partial charge in [-0.3, -0.25) is 9.20 Å². The Morgan fingerprint density at radius 3 is 2.60 bits per heavy atom. The lowest BCUT2D eigenvalue weighted by atomic mass is 10.5. The number of nitrogens with zero attached hydrogens (tertiary/aromatic N) is 1. The van der Waals surface area contributed by atoms with Crippen LogP contribution in [0.1, 0.15) is 6.42 Å². The summed E-state index contributed by atoms with van der Waals surface area (Å²) in [7, 11) is -0.731. The van der Waals surface area contributed by atoms with Crippen LogP contribution in [-0.4, -0.2) is 28.7 Å². The minimum Gasteiger partial charge on any atom is -0.370 e. The molecule has 0 heterocycles. The van der Waals surface area contributed by atoms with Crippen molar-refractivity contribution in [2.45, 2.75) is 6.42 Å². The van der Waals surface area contributed by atoms with Crippen LogP contribution in [0.4, 0.5) is 0 Å². The number of guanidine groups is 1. The van der Waals surface area contributed by atoms with E-state index < -0.39 is 10.8 Å². The van der Waals surface area contributed by atoms with Crippen molar-refractivity contribution in [3.63, 3.8) is 0 Å². The van der Waals surface area contributed by atoms with Gasteiger partial charge in [0, 0.05) is 29.4 Å². The highest BCUT2D eigenvalue weighted by Gasteiger charge is 1.89. The zero-order chi connectivity index (χ0) is 7.98. The van der Waals surface area contributed by atoms with Crippen LogP contribution in [0, 0.1) is 0 Å². The quantitative estimate of drug-likeness (QED) is 0.318. The third kappa shape index (κ3) is 7.42. The Morgan fingerprint density at radius 2 is 2.20 bits per heavy atom. The van der Waals surface area contributed by atoms with E-state index in [0.717, 1.165) is 6.42 Å². The smallest absolute Gasteiger partial charge is 0.185 e. The van der Waals surface area contributed by atoms with Crippen LogP contribution in [0.15, 0.2) is 4.99 Å². The highest BCUT2D eigenvalue weighted by molar-refractivity contribution is 7.84. The van der Waals surface area contributed by atoms with Gasteiger partial charge < -0.3 is 11.5 Å². The second-order valence-corrected chi connectivity index (χ2v) is 3.49. The summed E-state index contributed by atoms with van der Waals surface area (Å²) in [5, 5.41) is 0. The first kappa shape index (κ1) is 9.42. The summed E-state index contributed by atoms with van der Waals surface area (Å²) in [5.74, 6) is 0.762. The van der Waals surface area contributed by atoms with Crippen molar-refractivity contribution in [2.75, 3.05) is 18.6 Å². The van der Waals surface area contributed by atoms with Crippen LogP contribution in [0.3, 0.4) is 0 Å². The molecule has 60 valence electrons. The molecule has 5 heteroatoms. The van der Waals surface area contributed by atoms with Gasteiger partial charge in [-0.1, -0.05) is 0 Å². The predicted molar refractivity (Wildman–Crippen MR) is 44.2 cm³/mol. The van der Waals surface area contributed by atoms with Gasteiger partial charge in [0.05, 0.1) is 0 Å². The molecule has 0 spiro atoms. The maximum atomic E-state index is 10.5. The number of hydrogen-bond donors (Lipinski definition) is 2. The maximum Gasteiger partial charge on any atom is 0.185 e. The van der Waals surface area contributed by atoms with E-state index in [1.165, 1.54) is 0 Å². The molecule has 4 N–H and O–H groups in total. The molecule has 0 rings (SSSR count). The van der Waals surface area contributed by atoms with Crippen molar-refractivity contribution in [1.29, 1.82) is 0 Å². The molecule has 4 nitrogen and oxygen atoms in total. The molecular formula is C5H13N3OS. The normalized spacial score (nSPS) is 12.5. The molecule has 0 aromatic carbocycles. The highest BCUT2D eigenvalue weighted by atomic mass is 32.2. The van der Waals surface area contributed by atoms with Gasteiger partial charge in [0.25, 0.3) is 0 Å². The van der Waals surface area contributed by atoms with Crippen molar-refractivity contribution in [3.8, 4) is 0 Å². The highest BCUT2D eigenvalue weighted by Crippen LogP contribution is 1.83. The minimum atomic E-state index is -0.731. The van der Waals surface area contributed by atoms with Gasteiger partial charge in [0.15, 0.2) is 5.96 Å². The van der Waals surface area contributed by atoms with E-state index in [4.69, 9.17) is 11.5 Å². The summed E-state index contributed by atoms with van der Waals surface area (Å²) in [6.07, 6.45) is 2.44. The van der Waals surface area contributed by atoms with Gasteiger partial charge in [0.1, 0.15) is 0 Å². The van der Waals surface area contributed by atoms with Crippen LogP contribution in [-0.2, 0) is 10.8 Å². The molecule has 1 atom stereocenters. The van der Waals surface area contributed by atoms with Crippen LogP contribution in [0.2, 0.25) is 0 Å². The summed E-state index contributed by atoms with van der Waals surface area (Å²) in [4.78, 5) is 3.73. The minimum absolute atomic E-state index is 0.0990. The molecule has 0 saturated heterocycles. The predicted octanol–water partition coefficient (Wildman–Crippen LogP) is -0.972. The summed E-state index contributed by atoms with van der Waals surface area (Å²) >= 11 is 0. The van der Waals surface area contributed by atoms with Crippen LogP contribution in [0.25, 0.3) is 0 Å². The summed E-state index contributed by atoms with van der Waals surface area (Å²) in [6.45, 7) is 0.571. The van der Waals surface area contributed by atoms with E-state index in [0.29, 0.717) is 12.3 Å². The first-order valence-electron chi connectivity index (χ1n) is 2.98. The number of rotatable bonds is 4. The second-order valence-electron chi connectivity index (χ2n) is 1.94. The van der Waals surface area contributed by atoms with E-state index in [-0.39, 0.29) is 5.96 Å². The molecular weight excluding hydrogens is 150 g/mol. The lowest BCUT2D eigenvalue weighted by Crippen LogP contribution is -2.23. The van der Waals surface area contributed by atoms with E-state index in [2.05, 4.69) is 4.99 Å². The molecule has 0 bridgehead atoms. The maximum absolute atomic E-state index is 10.5. The molecule has 1 unspecified atom stereocenters. The van der Waals surface area contributed by atoms with Crippen LogP contribution >= 0.6 is 0 Å². The fraction of sp³-hybridized carbons (Fsp3) is 0.800. The number of aliphatic imine (C=N–C) groups is 1. The fourth-order valence-electron chi connectivity index (χ4n) is 0.476. The molecule has 0 aliphatic carbocycles. The van der Waals surface area contributed by atoms with Gasteiger partial charge in [-0.05, 0) is 6.42 Å². The van der Waals surface area contributed by atoms with Gasteiger partial charge in [0.2, 0.25) is 0 Å². The van der Waals surface area contributed by atoms with Gasteiger partial charge in [-0.15, -0.1) is 0 Å². The van der Waals surface area contributed by atoms with E-state index in [9.17, 15) is 4.21 Å². The zero-order valence-electron chi connectivity index (χ0n) is 6.04. The average molecular weight is 163 g/mol. The zero-order valence-corrected chi connectivity index (χ0v) is 6.86. The van der Waals surface area contributed by atoms with E-state index in [1.807, 2.05) is 0 Å². The molecule has 0 aromatic heterocycles.